The van der Waals surface area contributed by atoms with E-state index in [2.05, 4.69) is 0 Å². The zero-order valence-corrected chi connectivity index (χ0v) is 8.74. The molecule has 0 spiro atoms. The van der Waals surface area contributed by atoms with Crippen LogP contribution in [0.5, 0.6) is 5.75 Å². The van der Waals surface area contributed by atoms with E-state index in [1.54, 1.807) is 0 Å². The molecule has 0 atom stereocenters. The third kappa shape index (κ3) is 3.41. The summed E-state index contributed by atoms with van der Waals surface area (Å²) < 4.78 is 31.4. The van der Waals surface area contributed by atoms with E-state index < -0.39 is 28.9 Å². The number of hydrogen-bond acceptors (Lipinski definition) is 3. The van der Waals surface area contributed by atoms with E-state index in [1.165, 1.54) is 0 Å². The molecule has 90 valence electrons. The van der Waals surface area contributed by atoms with Gasteiger partial charge in [0.1, 0.15) is 0 Å². The van der Waals surface area contributed by atoms with Crippen molar-refractivity contribution in [3.63, 3.8) is 0 Å². The molecule has 1 N–H and O–H groups in total. The monoisotopic (exact) mass is 241 g/mol. The number of hydrogen-bond donors (Lipinski definition) is 1. The van der Waals surface area contributed by atoms with Gasteiger partial charge in [0.05, 0.1) is 18.2 Å². The van der Waals surface area contributed by atoms with Gasteiger partial charge < -0.3 is 9.84 Å². The van der Waals surface area contributed by atoms with Crippen LogP contribution in [0.15, 0.2) is 12.1 Å². The molecule has 0 aliphatic carbocycles. The van der Waals surface area contributed by atoms with E-state index in [1.807, 2.05) is 6.07 Å². The molecule has 0 saturated heterocycles. The van der Waals surface area contributed by atoms with E-state index in [4.69, 9.17) is 15.1 Å². The number of rotatable bonds is 5. The molecule has 0 amide bonds. The molecule has 0 fully saturated rings. The van der Waals surface area contributed by atoms with E-state index in [9.17, 15) is 13.6 Å². The summed E-state index contributed by atoms with van der Waals surface area (Å²) in [6.45, 7) is -0.00613. The Morgan fingerprint density at radius 1 is 1.41 bits per heavy atom. The van der Waals surface area contributed by atoms with Crippen LogP contribution in [-0.4, -0.2) is 17.7 Å². The quantitative estimate of drug-likeness (QED) is 0.803. The molecule has 0 aliphatic rings. The first kappa shape index (κ1) is 12.9. The maximum Gasteiger partial charge on any atom is 0.335 e. The highest BCUT2D eigenvalue weighted by Crippen LogP contribution is 2.23. The lowest BCUT2D eigenvalue weighted by molar-refractivity contribution is 0.0695. The molecule has 0 saturated carbocycles. The van der Waals surface area contributed by atoms with Gasteiger partial charge in [-0.2, -0.15) is 5.26 Å². The number of aromatic carboxylic acids is 1. The third-order valence-electron chi connectivity index (χ3n) is 1.92. The van der Waals surface area contributed by atoms with Crippen LogP contribution in [0, 0.1) is 23.0 Å². The summed E-state index contributed by atoms with van der Waals surface area (Å²) in [4.78, 5) is 10.5. The molecule has 0 unspecified atom stereocenters. The van der Waals surface area contributed by atoms with Crippen LogP contribution in [0.1, 0.15) is 23.2 Å². The van der Waals surface area contributed by atoms with Crippen LogP contribution in [0.2, 0.25) is 0 Å². The van der Waals surface area contributed by atoms with E-state index in [0.29, 0.717) is 18.6 Å². The minimum absolute atomic E-state index is 0.00613. The van der Waals surface area contributed by atoms with Crippen LogP contribution >= 0.6 is 0 Å². The van der Waals surface area contributed by atoms with Crippen LogP contribution in [0.3, 0.4) is 0 Å². The smallest absolute Gasteiger partial charge is 0.335 e. The van der Waals surface area contributed by atoms with Gasteiger partial charge in [-0.1, -0.05) is 0 Å². The summed E-state index contributed by atoms with van der Waals surface area (Å²) in [5, 5.41) is 16.8. The molecular formula is C11H9F2NO3. The number of ether oxygens (including phenoxy) is 1. The van der Waals surface area contributed by atoms with Crippen molar-refractivity contribution in [1.82, 2.24) is 0 Å². The summed E-state index contributed by atoms with van der Waals surface area (Å²) in [6, 6.07) is 3.23. The van der Waals surface area contributed by atoms with Crippen molar-refractivity contribution in [3.05, 3.63) is 29.3 Å². The Kier molecular flexibility index (Phi) is 4.40. The van der Waals surface area contributed by atoms with Gasteiger partial charge in [-0.3, -0.25) is 0 Å². The summed E-state index contributed by atoms with van der Waals surface area (Å²) >= 11 is 0. The number of benzene rings is 1. The highest BCUT2D eigenvalue weighted by atomic mass is 19.1. The average Bonchev–Trinajstić information content (AvgIpc) is 2.26. The number of carbonyl (C=O) groups is 1. The fraction of sp³-hybridized carbons (Fsp3) is 0.273. The van der Waals surface area contributed by atoms with Crippen molar-refractivity contribution in [2.45, 2.75) is 12.8 Å². The Hall–Kier alpha value is -2.16. The molecule has 1 aromatic rings. The van der Waals surface area contributed by atoms with Gasteiger partial charge >= 0.3 is 5.97 Å². The summed E-state index contributed by atoms with van der Waals surface area (Å²) in [7, 11) is 0. The van der Waals surface area contributed by atoms with Crippen LogP contribution < -0.4 is 4.74 Å². The largest absolute Gasteiger partial charge is 0.488 e. The van der Waals surface area contributed by atoms with Crippen LogP contribution in [0.4, 0.5) is 8.78 Å². The summed E-state index contributed by atoms with van der Waals surface area (Å²) in [6.07, 6.45) is 0.562. The molecule has 0 bridgehead atoms. The van der Waals surface area contributed by atoms with Crippen molar-refractivity contribution < 1.29 is 23.4 Å². The second kappa shape index (κ2) is 5.80. The molecule has 0 heterocycles. The molecule has 0 aromatic heterocycles. The number of carboxylic acids is 1. The normalized spacial score (nSPS) is 9.71. The Morgan fingerprint density at radius 2 is 2.00 bits per heavy atom. The second-order valence-electron chi connectivity index (χ2n) is 3.18. The van der Waals surface area contributed by atoms with Crippen LogP contribution in [-0.2, 0) is 0 Å². The zero-order chi connectivity index (χ0) is 12.8. The lowest BCUT2D eigenvalue weighted by Gasteiger charge is -2.08. The van der Waals surface area contributed by atoms with Crippen molar-refractivity contribution in [2.75, 3.05) is 6.61 Å². The molecular weight excluding hydrogens is 232 g/mol. The zero-order valence-electron chi connectivity index (χ0n) is 8.74. The summed E-state index contributed by atoms with van der Waals surface area (Å²) in [5.74, 6) is -4.18. The van der Waals surface area contributed by atoms with Gasteiger partial charge in [0.15, 0.2) is 17.4 Å². The van der Waals surface area contributed by atoms with Gasteiger partial charge in [0.25, 0.3) is 0 Å². The maximum atomic E-state index is 13.3. The Bertz CT molecular complexity index is 445. The number of carboxylic acid groups (broad SMARTS) is 1. The predicted octanol–water partition coefficient (Wildman–Crippen LogP) is 2.35. The Labute approximate surface area is 96.0 Å². The Morgan fingerprint density at radius 3 is 2.47 bits per heavy atom. The summed E-state index contributed by atoms with van der Waals surface area (Å²) in [5.41, 5.74) is -0.482. The van der Waals surface area contributed by atoms with Crippen LogP contribution in [0.25, 0.3) is 0 Å². The SMILES string of the molecule is N#CCCCOc1c(F)cc(C(=O)O)cc1F. The number of halogens is 2. The first-order valence-corrected chi connectivity index (χ1v) is 4.78. The Balaban J connectivity index is 2.80. The molecule has 17 heavy (non-hydrogen) atoms. The molecule has 6 heteroatoms. The lowest BCUT2D eigenvalue weighted by atomic mass is 10.2. The van der Waals surface area contributed by atoms with Gasteiger partial charge in [0, 0.05) is 6.42 Å². The second-order valence-corrected chi connectivity index (χ2v) is 3.18. The fourth-order valence-corrected chi connectivity index (χ4v) is 1.15. The predicted molar refractivity (Wildman–Crippen MR) is 53.7 cm³/mol. The van der Waals surface area contributed by atoms with Crippen molar-refractivity contribution in [2.24, 2.45) is 0 Å². The fourth-order valence-electron chi connectivity index (χ4n) is 1.15. The van der Waals surface area contributed by atoms with Gasteiger partial charge in [0.2, 0.25) is 0 Å². The molecule has 4 nitrogen and oxygen atoms in total. The average molecular weight is 241 g/mol. The van der Waals surface area contributed by atoms with Crippen molar-refractivity contribution in [3.8, 4) is 11.8 Å². The first-order valence-electron chi connectivity index (χ1n) is 4.78. The highest BCUT2D eigenvalue weighted by Gasteiger charge is 2.15. The highest BCUT2D eigenvalue weighted by molar-refractivity contribution is 5.87. The molecule has 0 radical (unpaired) electrons. The topological polar surface area (TPSA) is 70.3 Å². The first-order chi connectivity index (χ1) is 8.06. The minimum Gasteiger partial charge on any atom is -0.488 e. The van der Waals surface area contributed by atoms with Crippen molar-refractivity contribution >= 4 is 5.97 Å². The van der Waals surface area contributed by atoms with Gasteiger partial charge in [-0.05, 0) is 18.6 Å². The van der Waals surface area contributed by atoms with E-state index in [0.717, 1.165) is 0 Å². The number of nitriles is 1. The number of unbranched alkanes of at least 4 members (excludes halogenated alkanes) is 1. The maximum absolute atomic E-state index is 13.3. The van der Waals surface area contributed by atoms with E-state index in [-0.39, 0.29) is 13.0 Å². The number of nitrogens with zero attached hydrogens (tertiary/aromatic N) is 1. The molecule has 1 aromatic carbocycles. The van der Waals surface area contributed by atoms with Crippen molar-refractivity contribution in [1.29, 1.82) is 5.26 Å². The van der Waals surface area contributed by atoms with E-state index >= 15 is 0 Å². The third-order valence-corrected chi connectivity index (χ3v) is 1.92. The minimum atomic E-state index is -1.42. The standard InChI is InChI=1S/C11H9F2NO3/c12-8-5-7(11(15)16)6-9(13)10(8)17-4-2-1-3-14/h5-6H,1-2,4H2,(H,15,16). The lowest BCUT2D eigenvalue weighted by Crippen LogP contribution is -2.04. The molecule has 1 rings (SSSR count). The van der Waals surface area contributed by atoms with Gasteiger partial charge in [-0.15, -0.1) is 0 Å². The molecule has 0 aliphatic heterocycles. The van der Waals surface area contributed by atoms with Gasteiger partial charge in [-0.25, -0.2) is 13.6 Å².